The lowest BCUT2D eigenvalue weighted by Gasteiger charge is -2.33. The quantitative estimate of drug-likeness (QED) is 0.864. The van der Waals surface area contributed by atoms with E-state index in [0.29, 0.717) is 0 Å². The zero-order valence-electron chi connectivity index (χ0n) is 13.1. The molecule has 1 aromatic rings. The van der Waals surface area contributed by atoms with Crippen molar-refractivity contribution in [3.63, 3.8) is 0 Å². The van der Waals surface area contributed by atoms with Gasteiger partial charge in [0.05, 0.1) is 18.5 Å². The van der Waals surface area contributed by atoms with Crippen molar-refractivity contribution in [3.05, 3.63) is 30.4 Å². The van der Waals surface area contributed by atoms with E-state index in [-0.39, 0.29) is 5.91 Å². The van der Waals surface area contributed by atoms with Crippen LogP contribution in [0.1, 0.15) is 25.3 Å². The van der Waals surface area contributed by atoms with Gasteiger partial charge in [-0.15, -0.1) is 0 Å². The van der Waals surface area contributed by atoms with Gasteiger partial charge >= 0.3 is 0 Å². The highest BCUT2D eigenvalue weighted by molar-refractivity contribution is 6.01. The monoisotopic (exact) mass is 288 g/mol. The van der Waals surface area contributed by atoms with Crippen molar-refractivity contribution >= 4 is 17.3 Å². The summed E-state index contributed by atoms with van der Waals surface area (Å²) in [5.41, 5.74) is 2.86. The van der Waals surface area contributed by atoms with E-state index in [1.165, 1.54) is 18.9 Å². The van der Waals surface area contributed by atoms with Gasteiger partial charge in [-0.05, 0) is 43.4 Å². The van der Waals surface area contributed by atoms with Crippen molar-refractivity contribution in [1.82, 2.24) is 0 Å². The van der Waals surface area contributed by atoms with E-state index in [0.717, 1.165) is 41.7 Å². The molecule has 1 N–H and O–H groups in total. The smallest absolute Gasteiger partial charge is 0.247 e. The summed E-state index contributed by atoms with van der Waals surface area (Å²) >= 11 is 0. The van der Waals surface area contributed by atoms with Crippen LogP contribution in [0.4, 0.5) is 11.4 Å². The number of methoxy groups -OCH3 is 1. The van der Waals surface area contributed by atoms with Crippen LogP contribution < -0.4 is 15.0 Å². The van der Waals surface area contributed by atoms with Gasteiger partial charge in [-0.25, -0.2) is 0 Å². The van der Waals surface area contributed by atoms with Crippen molar-refractivity contribution in [1.29, 1.82) is 0 Å². The molecule has 0 aromatic heterocycles. The van der Waals surface area contributed by atoms with Crippen molar-refractivity contribution in [3.8, 4) is 5.75 Å². The van der Waals surface area contributed by atoms with Gasteiger partial charge in [0.1, 0.15) is 5.75 Å². The molecule has 114 valence electrons. The normalized spacial score (nSPS) is 15.7. The van der Waals surface area contributed by atoms with Crippen molar-refractivity contribution in [2.75, 3.05) is 30.4 Å². The van der Waals surface area contributed by atoms with Gasteiger partial charge in [-0.3, -0.25) is 4.79 Å². The Kier molecular flexibility index (Phi) is 4.89. The van der Waals surface area contributed by atoms with Crippen LogP contribution in [0.25, 0.3) is 0 Å². The minimum absolute atomic E-state index is 0.189. The predicted octanol–water partition coefficient (Wildman–Crippen LogP) is 3.36. The first-order valence-corrected chi connectivity index (χ1v) is 7.42. The van der Waals surface area contributed by atoms with E-state index < -0.39 is 0 Å². The topological polar surface area (TPSA) is 41.6 Å². The first-order chi connectivity index (χ1) is 10.0. The Hall–Kier alpha value is -1.97. The maximum atomic E-state index is 11.7. The standard InChI is InChI=1S/C17H24N2O2/c1-5-17(20)18-14-10-13(3)16(21-4)11-15(14)19-8-6-12(2)7-9-19/h5,10-12H,1,6-9H2,2-4H3,(H,18,20). The summed E-state index contributed by atoms with van der Waals surface area (Å²) in [5.74, 6) is 1.42. The van der Waals surface area contributed by atoms with E-state index in [4.69, 9.17) is 4.74 Å². The van der Waals surface area contributed by atoms with Crippen LogP contribution in [0.5, 0.6) is 5.75 Å². The number of nitrogens with zero attached hydrogens (tertiary/aromatic N) is 1. The lowest BCUT2D eigenvalue weighted by atomic mass is 9.98. The van der Waals surface area contributed by atoms with Crippen molar-refractivity contribution in [2.45, 2.75) is 26.7 Å². The van der Waals surface area contributed by atoms with Crippen LogP contribution in [0.3, 0.4) is 0 Å². The van der Waals surface area contributed by atoms with Crippen molar-refractivity contribution in [2.24, 2.45) is 5.92 Å². The molecule has 4 heteroatoms. The predicted molar refractivity (Wildman–Crippen MR) is 87.2 cm³/mol. The Morgan fingerprint density at radius 2 is 2.10 bits per heavy atom. The lowest BCUT2D eigenvalue weighted by Crippen LogP contribution is -2.33. The van der Waals surface area contributed by atoms with Gasteiger partial charge in [0.15, 0.2) is 0 Å². The summed E-state index contributed by atoms with van der Waals surface area (Å²) in [5, 5.41) is 2.91. The Morgan fingerprint density at radius 1 is 1.43 bits per heavy atom. The summed E-state index contributed by atoms with van der Waals surface area (Å²) in [4.78, 5) is 14.0. The number of carbonyl (C=O) groups excluding carboxylic acids is 1. The molecule has 0 bridgehead atoms. The lowest BCUT2D eigenvalue weighted by molar-refractivity contribution is -0.111. The number of hydrogen-bond donors (Lipinski definition) is 1. The van der Waals surface area contributed by atoms with Crippen molar-refractivity contribution < 1.29 is 9.53 Å². The highest BCUT2D eigenvalue weighted by Gasteiger charge is 2.20. The van der Waals surface area contributed by atoms with E-state index in [1.54, 1.807) is 7.11 Å². The van der Waals surface area contributed by atoms with E-state index >= 15 is 0 Å². The number of benzene rings is 1. The molecule has 4 nitrogen and oxygen atoms in total. The number of hydrogen-bond acceptors (Lipinski definition) is 3. The fourth-order valence-electron chi connectivity index (χ4n) is 2.69. The molecule has 1 fully saturated rings. The minimum atomic E-state index is -0.189. The summed E-state index contributed by atoms with van der Waals surface area (Å²) in [7, 11) is 1.67. The molecule has 0 spiro atoms. The average Bonchev–Trinajstić information content (AvgIpc) is 2.48. The molecular weight excluding hydrogens is 264 g/mol. The highest BCUT2D eigenvalue weighted by atomic mass is 16.5. The molecule has 1 heterocycles. The van der Waals surface area contributed by atoms with Gasteiger partial charge in [0.2, 0.25) is 5.91 Å². The van der Waals surface area contributed by atoms with Gasteiger partial charge in [-0.2, -0.15) is 0 Å². The molecule has 0 atom stereocenters. The van der Waals surface area contributed by atoms with Gasteiger partial charge < -0.3 is 15.0 Å². The van der Waals surface area contributed by atoms with Crippen LogP contribution in [0.15, 0.2) is 24.8 Å². The third-order valence-electron chi connectivity index (χ3n) is 4.08. The summed E-state index contributed by atoms with van der Waals surface area (Å²) < 4.78 is 5.42. The molecule has 0 saturated carbocycles. The van der Waals surface area contributed by atoms with Gasteiger partial charge in [0, 0.05) is 19.2 Å². The Balaban J connectivity index is 2.35. The van der Waals surface area contributed by atoms with Crippen LogP contribution in [-0.4, -0.2) is 26.1 Å². The maximum Gasteiger partial charge on any atom is 0.247 e. The third kappa shape index (κ3) is 3.57. The molecule has 21 heavy (non-hydrogen) atoms. The van der Waals surface area contributed by atoms with Crippen LogP contribution >= 0.6 is 0 Å². The average molecular weight is 288 g/mol. The SMILES string of the molecule is C=CC(=O)Nc1cc(C)c(OC)cc1N1CCC(C)CC1. The third-order valence-corrected chi connectivity index (χ3v) is 4.08. The first-order valence-electron chi connectivity index (χ1n) is 7.42. The van der Waals surface area contributed by atoms with Gasteiger partial charge in [0.25, 0.3) is 0 Å². The summed E-state index contributed by atoms with van der Waals surface area (Å²) in [6.07, 6.45) is 3.64. The minimum Gasteiger partial charge on any atom is -0.496 e. The Morgan fingerprint density at radius 3 is 2.67 bits per heavy atom. The molecule has 0 radical (unpaired) electrons. The number of rotatable bonds is 4. The number of piperidine rings is 1. The zero-order chi connectivity index (χ0) is 15.4. The number of aryl methyl sites for hydroxylation is 1. The molecule has 2 rings (SSSR count). The Bertz CT molecular complexity index is 532. The number of carbonyl (C=O) groups is 1. The summed E-state index contributed by atoms with van der Waals surface area (Å²) in [6, 6.07) is 3.98. The Labute approximate surface area is 126 Å². The van der Waals surface area contributed by atoms with Crippen LogP contribution in [0.2, 0.25) is 0 Å². The highest BCUT2D eigenvalue weighted by Crippen LogP contribution is 2.35. The number of nitrogens with one attached hydrogen (secondary N) is 1. The molecule has 0 unspecified atom stereocenters. The molecule has 1 aliphatic rings. The zero-order valence-corrected chi connectivity index (χ0v) is 13.1. The molecule has 1 amide bonds. The largest absolute Gasteiger partial charge is 0.496 e. The molecule has 1 aromatic carbocycles. The molecule has 0 aliphatic carbocycles. The van der Waals surface area contributed by atoms with E-state index in [2.05, 4.69) is 23.7 Å². The fourth-order valence-corrected chi connectivity index (χ4v) is 2.69. The fraction of sp³-hybridized carbons (Fsp3) is 0.471. The van der Waals surface area contributed by atoms with Gasteiger partial charge in [-0.1, -0.05) is 13.5 Å². The molecule has 1 aliphatic heterocycles. The number of anilines is 2. The van der Waals surface area contributed by atoms with Crippen LogP contribution in [-0.2, 0) is 4.79 Å². The number of ether oxygens (including phenoxy) is 1. The van der Waals surface area contributed by atoms with E-state index in [1.807, 2.05) is 19.1 Å². The second-order valence-corrected chi connectivity index (χ2v) is 5.70. The number of amides is 1. The molecule has 1 saturated heterocycles. The summed E-state index contributed by atoms with van der Waals surface area (Å²) in [6.45, 7) is 9.79. The second-order valence-electron chi connectivity index (χ2n) is 5.70. The first kappa shape index (κ1) is 15.4. The molecular formula is C17H24N2O2. The maximum absolute atomic E-state index is 11.7. The van der Waals surface area contributed by atoms with E-state index in [9.17, 15) is 4.79 Å². The second kappa shape index (κ2) is 6.66. The van der Waals surface area contributed by atoms with Crippen LogP contribution in [0, 0.1) is 12.8 Å².